The van der Waals surface area contributed by atoms with Crippen molar-refractivity contribution in [1.82, 2.24) is 21.3 Å². The van der Waals surface area contributed by atoms with E-state index in [1.165, 1.54) is 49.4 Å². The number of carbonyl (C=O) groups is 8. The number of carboxylic acids is 1. The van der Waals surface area contributed by atoms with E-state index in [2.05, 4.69) is 21.3 Å². The van der Waals surface area contributed by atoms with Gasteiger partial charge in [-0.05, 0) is 108 Å². The number of rotatable bonds is 13. The lowest BCUT2D eigenvalue weighted by atomic mass is 9.82. The fourth-order valence-electron chi connectivity index (χ4n) is 13.2. The number of ketones is 2. The first-order valence-corrected chi connectivity index (χ1v) is 33.3. The maximum atomic E-state index is 16.0. The molecule has 542 valence electrons. The van der Waals surface area contributed by atoms with E-state index < -0.39 is 234 Å². The van der Waals surface area contributed by atoms with Gasteiger partial charge in [0.15, 0.2) is 41.5 Å². The number of nitrogens with two attached hydrogens (primary N) is 2. The van der Waals surface area contributed by atoms with E-state index in [-0.39, 0.29) is 61.7 Å². The second-order valence-corrected chi connectivity index (χ2v) is 27.0. The van der Waals surface area contributed by atoms with Crippen LogP contribution in [0.15, 0.2) is 78.9 Å². The number of Topliss-reactive ketones (excluding diaryl/α,β-unsaturated/α-hetero) is 2. The Hall–Kier alpha value is -8.76. The number of aliphatic carboxylic acids is 1. The number of aliphatic hydroxyl groups excluding tert-OH is 6. The van der Waals surface area contributed by atoms with Crippen LogP contribution < -0.4 is 46.9 Å². The Labute approximate surface area is 586 Å². The van der Waals surface area contributed by atoms with Crippen LogP contribution in [0.3, 0.4) is 0 Å². The highest BCUT2D eigenvalue weighted by atomic mass is 35.5. The molecule has 0 aromatic heterocycles. The van der Waals surface area contributed by atoms with Crippen molar-refractivity contribution < 1.29 is 118 Å². The van der Waals surface area contributed by atoms with Gasteiger partial charge in [0.1, 0.15) is 71.4 Å². The number of nitrogens with one attached hydrogen (secondary N) is 4. The summed E-state index contributed by atoms with van der Waals surface area (Å²) in [6.45, 7) is 6.06. The van der Waals surface area contributed by atoms with E-state index in [1.807, 2.05) is 13.8 Å². The highest BCUT2D eigenvalue weighted by Crippen LogP contribution is 2.50. The van der Waals surface area contributed by atoms with Crippen molar-refractivity contribution in [2.24, 2.45) is 29.2 Å². The second kappa shape index (κ2) is 31.2. The van der Waals surface area contributed by atoms with Crippen LogP contribution in [0.5, 0.6) is 46.0 Å². The van der Waals surface area contributed by atoms with E-state index >= 15 is 14.4 Å². The number of amides is 5. The molecule has 12 rings (SSSR count). The fourth-order valence-corrected chi connectivity index (χ4v) is 13.6. The van der Waals surface area contributed by atoms with Gasteiger partial charge in [0, 0.05) is 61.3 Å². The molecule has 18 N–H and O–H groups in total. The maximum absolute atomic E-state index is 16.0. The van der Waals surface area contributed by atoms with Crippen molar-refractivity contribution in [1.29, 1.82) is 0 Å². The smallest absolute Gasteiger partial charge is 0.330 e. The third-order valence-corrected chi connectivity index (χ3v) is 19.1. The van der Waals surface area contributed by atoms with Gasteiger partial charge in [0.25, 0.3) is 0 Å². The zero-order valence-corrected chi connectivity index (χ0v) is 56.2. The minimum absolute atomic E-state index is 0.0177. The molecule has 2 saturated heterocycles. The summed E-state index contributed by atoms with van der Waals surface area (Å²) >= 11 is 14.2. The summed E-state index contributed by atoms with van der Waals surface area (Å²) in [6, 6.07) is 5.31. The number of hydrogen-bond acceptors (Lipinski definition) is 24. The number of halogens is 2. The number of benzene rings is 5. The second-order valence-electron chi connectivity index (χ2n) is 26.2. The van der Waals surface area contributed by atoms with Crippen molar-refractivity contribution in [3.8, 4) is 57.1 Å². The molecule has 2 fully saturated rings. The molecule has 30 nitrogen and oxygen atoms in total. The van der Waals surface area contributed by atoms with Crippen LogP contribution in [0.1, 0.15) is 118 Å². The van der Waals surface area contributed by atoms with Crippen molar-refractivity contribution in [2.45, 2.75) is 170 Å². The number of aliphatic hydroxyl groups is 6. The molecule has 0 spiro atoms. The molecular formula is C69H78Cl2N6O24. The van der Waals surface area contributed by atoms with E-state index in [0.29, 0.717) is 12.8 Å². The predicted molar refractivity (Wildman–Crippen MR) is 353 cm³/mol. The Balaban J connectivity index is 1.23. The normalized spacial score (nSPS) is 29.0. The molecule has 5 aromatic rings. The molecule has 0 radical (unpaired) electrons. The number of carboxylic acid groups (broad SMARTS) is 1. The van der Waals surface area contributed by atoms with Gasteiger partial charge >= 0.3 is 5.97 Å². The van der Waals surface area contributed by atoms with Gasteiger partial charge in [-0.2, -0.15) is 0 Å². The molecule has 10 bridgehead atoms. The first kappa shape index (κ1) is 74.9. The maximum Gasteiger partial charge on any atom is 0.330 e. The lowest BCUT2D eigenvalue weighted by Crippen LogP contribution is -2.62. The van der Waals surface area contributed by atoms with E-state index in [1.54, 1.807) is 6.92 Å². The first-order chi connectivity index (χ1) is 47.8. The number of carbonyl (C=O) groups excluding carboxylic acids is 7. The van der Waals surface area contributed by atoms with Gasteiger partial charge < -0.3 is 112 Å². The van der Waals surface area contributed by atoms with E-state index in [0.717, 1.165) is 36.4 Å². The highest BCUT2D eigenvalue weighted by Gasteiger charge is 2.50. The molecule has 5 amide bonds. The number of fused-ring (bicyclic) bond motifs is 14. The summed E-state index contributed by atoms with van der Waals surface area (Å²) in [7, 11) is 0. The molecule has 0 saturated carbocycles. The summed E-state index contributed by atoms with van der Waals surface area (Å²) in [5, 5.41) is 123. The van der Waals surface area contributed by atoms with Crippen LogP contribution in [0.25, 0.3) is 11.1 Å². The highest BCUT2D eigenvalue weighted by molar-refractivity contribution is 6.32. The summed E-state index contributed by atoms with van der Waals surface area (Å²) in [4.78, 5) is 117. The third kappa shape index (κ3) is 16.4. The molecule has 32 heteroatoms. The van der Waals surface area contributed by atoms with Crippen LogP contribution >= 0.6 is 23.2 Å². The Morgan fingerprint density at radius 3 is 1.97 bits per heavy atom. The van der Waals surface area contributed by atoms with Crippen LogP contribution in [-0.2, 0) is 59.0 Å². The molecule has 0 aliphatic carbocycles. The number of phenolic OH excluding ortho intramolecular Hbond substituents is 3. The molecule has 7 aliphatic rings. The van der Waals surface area contributed by atoms with Gasteiger partial charge in [-0.25, -0.2) is 4.79 Å². The van der Waals surface area contributed by atoms with Crippen LogP contribution in [-0.4, -0.2) is 178 Å². The standard InChI is InChI=1S/C69H78Cl2N6O24/c1-5-29(12-26(2)3)64(90)76-55-45(83)18-32(19-51(73)84)65(91)74-42-13-28-14-48(97-46-10-6-30(58(55)86)16-39(46)70)62(101-69-63(61(89)60(88)50(25-78)99-69)100-52-24-41(72)57(85)27(4)96-52)49(15-28)98-47-11-7-31(17-40(47)71)59(87)56-67(93)75-54(68(94)95)38-21-34(80)22-44(82)53(38)36-20-33(79)8-9-35(36)37(23-43(42)81)66(92)77-56/h6-11,14-17,20-22,26-27,29,32,37,41-42,50,52,54-61,63,69,78-80,82,85-89H,5,12-13,18-19,23-25,72H2,1-4H3,(H2,73,84)(H,74,91)(H,75,93)(H,76,90)(H,77,92)(H,94,95)/t27?,29-,32-,37-,41-,42-,50?,52+,54+,55+,56+,57+,58-,59-,60+,61?,63?,69-/m1/s1. The molecule has 18 atom stereocenters. The monoisotopic (exact) mass is 1440 g/mol. The molecule has 101 heavy (non-hydrogen) atoms. The lowest BCUT2D eigenvalue weighted by molar-refractivity contribution is -0.330. The third-order valence-electron chi connectivity index (χ3n) is 18.5. The summed E-state index contributed by atoms with van der Waals surface area (Å²) in [6.07, 6.45) is -20.0. The fraction of sp³-hybridized carbons (Fsp3) is 0.449. The zero-order valence-electron chi connectivity index (χ0n) is 54.7. The van der Waals surface area contributed by atoms with Crippen molar-refractivity contribution in [3.05, 3.63) is 117 Å². The van der Waals surface area contributed by atoms with Crippen LogP contribution in [0.2, 0.25) is 10.0 Å². The quantitative estimate of drug-likeness (QED) is 0.0805. The van der Waals surface area contributed by atoms with Gasteiger partial charge in [-0.15, -0.1) is 0 Å². The molecule has 4 unspecified atom stereocenters. The molecule has 7 heterocycles. The minimum atomic E-state index is -2.24. The van der Waals surface area contributed by atoms with E-state index in [9.17, 15) is 75.0 Å². The number of aromatic hydroxyl groups is 3. The average molecular weight is 1450 g/mol. The minimum Gasteiger partial charge on any atom is -0.508 e. The van der Waals surface area contributed by atoms with Crippen LogP contribution in [0.4, 0.5) is 0 Å². The van der Waals surface area contributed by atoms with Crippen molar-refractivity contribution >= 4 is 70.3 Å². The van der Waals surface area contributed by atoms with Gasteiger partial charge in [0.05, 0.1) is 46.7 Å². The SMILES string of the molecule is CC[C@H](CC(C)C)C(=O)N[C@H]1C(=O)C[C@H](CC(N)=O)C(=O)N[C@@H]2Cc3cc(c(O[C@H]4OC(CO)[C@H](O)C(O)C4O[C@H]4C[C@@H](N)[C@@H](O)C(C)O4)c(c3)Oc3ccc(cc3Cl)[C@H]1O)Oc1ccc(cc1Cl)[C@@H](O)[C@@H]1NC(=O)[C@H](CC2=O)c2ccc(O)cc2-c2c(O)cc(O)cc2[C@@H](C(=O)O)NC1=O. The number of hydrogen-bond donors (Lipinski definition) is 16. The number of phenols is 3. The Morgan fingerprint density at radius 1 is 0.723 bits per heavy atom. The largest absolute Gasteiger partial charge is 0.508 e. The Bertz CT molecular complexity index is 4020. The molecular weight excluding hydrogens is 1370 g/mol. The first-order valence-electron chi connectivity index (χ1n) is 32.5. The lowest BCUT2D eigenvalue weighted by Gasteiger charge is -2.44. The Kier molecular flexibility index (Phi) is 23.2. The zero-order chi connectivity index (χ0) is 73.3. The summed E-state index contributed by atoms with van der Waals surface area (Å²) in [5.41, 5.74) is 10.0. The van der Waals surface area contributed by atoms with Gasteiger partial charge in [0.2, 0.25) is 41.6 Å². The van der Waals surface area contributed by atoms with Gasteiger partial charge in [-0.1, -0.05) is 62.2 Å². The topological polar surface area (TPSA) is 494 Å². The van der Waals surface area contributed by atoms with Crippen molar-refractivity contribution in [2.75, 3.05) is 6.61 Å². The molecule has 7 aliphatic heterocycles. The predicted octanol–water partition coefficient (Wildman–Crippen LogP) is 3.00. The number of primary amides is 1. The van der Waals surface area contributed by atoms with Crippen LogP contribution in [0, 0.1) is 17.8 Å². The molecule has 5 aromatic carbocycles. The average Bonchev–Trinajstić information content (AvgIpc) is 1.73. The van der Waals surface area contributed by atoms with E-state index in [4.69, 9.17) is 63.1 Å². The Morgan fingerprint density at radius 2 is 1.38 bits per heavy atom. The summed E-state index contributed by atoms with van der Waals surface area (Å²) in [5.74, 6) is -18.2. The summed E-state index contributed by atoms with van der Waals surface area (Å²) < 4.78 is 38.3. The van der Waals surface area contributed by atoms with Crippen molar-refractivity contribution in [3.63, 3.8) is 0 Å². The number of ether oxygens (including phenoxy) is 6. The van der Waals surface area contributed by atoms with Gasteiger partial charge in [-0.3, -0.25) is 33.6 Å².